The third kappa shape index (κ3) is 4.00. The summed E-state index contributed by atoms with van der Waals surface area (Å²) < 4.78 is 6.67. The number of fused-ring (bicyclic) bond motifs is 2. The number of likely N-dealkylation sites (N-methyl/N-ethyl adjacent to an activating group) is 1. The van der Waals surface area contributed by atoms with Gasteiger partial charge in [-0.3, -0.25) is 14.4 Å². The van der Waals surface area contributed by atoms with Crippen LogP contribution in [0.15, 0.2) is 72.8 Å². The summed E-state index contributed by atoms with van der Waals surface area (Å²) in [6, 6.07) is 13.2. The van der Waals surface area contributed by atoms with Crippen molar-refractivity contribution in [3.8, 4) is 0 Å². The van der Waals surface area contributed by atoms with E-state index in [2.05, 4.69) is 0 Å². The van der Waals surface area contributed by atoms with Crippen LogP contribution in [0.2, 0.25) is 5.02 Å². The molecule has 0 aliphatic carbocycles. The fourth-order valence-electron chi connectivity index (χ4n) is 6.90. The lowest BCUT2D eigenvalue weighted by Crippen LogP contribution is -2.58. The molecule has 208 valence electrons. The van der Waals surface area contributed by atoms with Gasteiger partial charge in [-0.1, -0.05) is 78.4 Å². The molecule has 6 atom stereocenters. The first-order valence-electron chi connectivity index (χ1n) is 13.6. The van der Waals surface area contributed by atoms with Gasteiger partial charge < -0.3 is 24.5 Å². The summed E-state index contributed by atoms with van der Waals surface area (Å²) in [7, 11) is 1.71. The molecule has 40 heavy (non-hydrogen) atoms. The fraction of sp³-hybridized carbons (Fsp3) is 0.387. The summed E-state index contributed by atoms with van der Waals surface area (Å²) in [4.78, 5) is 47.5. The van der Waals surface area contributed by atoms with Crippen molar-refractivity contribution < 1.29 is 24.2 Å². The number of carbonyl (C=O) groups is 3. The van der Waals surface area contributed by atoms with Crippen molar-refractivity contribution in [3.63, 3.8) is 0 Å². The summed E-state index contributed by atoms with van der Waals surface area (Å²) in [5, 5.41) is 11.1. The maximum atomic E-state index is 14.7. The van der Waals surface area contributed by atoms with Crippen LogP contribution in [0.4, 0.5) is 5.69 Å². The van der Waals surface area contributed by atoms with Crippen molar-refractivity contribution in [3.05, 3.63) is 89.0 Å². The summed E-state index contributed by atoms with van der Waals surface area (Å²) in [5.41, 5.74) is 0.925. The van der Waals surface area contributed by atoms with Crippen LogP contribution in [0.3, 0.4) is 0 Å². The lowest BCUT2D eigenvalue weighted by molar-refractivity contribution is -0.146. The van der Waals surface area contributed by atoms with E-state index in [9.17, 15) is 19.5 Å². The van der Waals surface area contributed by atoms with Crippen molar-refractivity contribution in [1.82, 2.24) is 9.80 Å². The number of ether oxygens (including phenoxy) is 1. The van der Waals surface area contributed by atoms with Crippen LogP contribution in [-0.4, -0.2) is 83.2 Å². The number of aliphatic hydroxyl groups excluding tert-OH is 1. The van der Waals surface area contributed by atoms with Gasteiger partial charge in [0.2, 0.25) is 11.8 Å². The molecule has 4 aliphatic rings. The summed E-state index contributed by atoms with van der Waals surface area (Å²) >= 11 is 6.62. The maximum absolute atomic E-state index is 14.7. The average Bonchev–Trinajstić information content (AvgIpc) is 3.28. The number of rotatable bonds is 5. The molecule has 2 saturated heterocycles. The van der Waals surface area contributed by atoms with Gasteiger partial charge in [-0.05, 0) is 30.5 Å². The van der Waals surface area contributed by atoms with Crippen LogP contribution < -0.4 is 4.90 Å². The lowest BCUT2D eigenvalue weighted by atomic mass is 9.77. The van der Waals surface area contributed by atoms with Crippen molar-refractivity contribution in [1.29, 1.82) is 0 Å². The van der Waals surface area contributed by atoms with Crippen LogP contribution in [0.25, 0.3) is 0 Å². The minimum Gasteiger partial charge on any atom is -0.394 e. The molecule has 0 radical (unpaired) electrons. The number of nitrogens with zero attached hydrogens (tertiary/aromatic N) is 3. The Morgan fingerprint density at radius 2 is 1.80 bits per heavy atom. The smallest absolute Gasteiger partial charge is 0.253 e. The lowest BCUT2D eigenvalue weighted by Gasteiger charge is -2.39. The molecule has 9 heteroatoms. The predicted octanol–water partition coefficient (Wildman–Crippen LogP) is 2.76. The van der Waals surface area contributed by atoms with Crippen molar-refractivity contribution >= 4 is 35.0 Å². The average molecular weight is 562 g/mol. The number of halogens is 1. The number of hydrogen-bond donors (Lipinski definition) is 1. The highest BCUT2D eigenvalue weighted by molar-refractivity contribution is 6.34. The number of likely N-dealkylation sites (tertiary alicyclic amines) is 1. The number of aryl methyl sites for hydroxylation is 1. The second-order valence-corrected chi connectivity index (χ2v) is 11.4. The molecule has 4 aliphatic heterocycles. The van der Waals surface area contributed by atoms with Crippen molar-refractivity contribution in [2.24, 2.45) is 11.8 Å². The van der Waals surface area contributed by atoms with Crippen LogP contribution >= 0.6 is 11.6 Å². The second-order valence-electron chi connectivity index (χ2n) is 11.0. The molecule has 1 spiro atoms. The second kappa shape index (κ2) is 10.2. The van der Waals surface area contributed by atoms with E-state index in [0.29, 0.717) is 23.7 Å². The summed E-state index contributed by atoms with van der Waals surface area (Å²) in [6.07, 6.45) is 7.02. The first-order chi connectivity index (χ1) is 19.3. The van der Waals surface area contributed by atoms with Crippen LogP contribution in [0.1, 0.15) is 11.1 Å². The predicted molar refractivity (Wildman–Crippen MR) is 151 cm³/mol. The van der Waals surface area contributed by atoms with E-state index in [1.54, 1.807) is 29.0 Å². The molecule has 3 amide bonds. The van der Waals surface area contributed by atoms with Gasteiger partial charge in [-0.2, -0.15) is 0 Å². The van der Waals surface area contributed by atoms with Crippen molar-refractivity contribution in [2.45, 2.75) is 37.1 Å². The van der Waals surface area contributed by atoms with Gasteiger partial charge in [-0.25, -0.2) is 0 Å². The summed E-state index contributed by atoms with van der Waals surface area (Å²) in [6.45, 7) is 2.16. The van der Waals surface area contributed by atoms with Crippen molar-refractivity contribution in [2.75, 3.05) is 31.6 Å². The zero-order valence-electron chi connectivity index (χ0n) is 22.4. The van der Waals surface area contributed by atoms with Crippen LogP contribution in [0.5, 0.6) is 0 Å². The molecule has 2 aromatic rings. The van der Waals surface area contributed by atoms with Gasteiger partial charge >= 0.3 is 0 Å². The zero-order valence-corrected chi connectivity index (χ0v) is 23.2. The molecule has 4 heterocycles. The largest absolute Gasteiger partial charge is 0.394 e. The fourth-order valence-corrected chi connectivity index (χ4v) is 7.22. The number of carbonyl (C=O) groups excluding carboxylic acids is 3. The number of anilines is 1. The number of aliphatic hydroxyl groups is 1. The SMILES string of the molecule is Cc1cccc(Cl)c1N1CC=C[C@]23O[C@@H]4C=CCN(C)C(=O)[C@@H]4[C@H]2C(=O)N([C@@H](CO)Cc2ccccc2)C3C1=O. The standard InChI is InChI=1S/C31H32ClN3O5/c1-19-9-6-12-22(32)26(19)34-16-8-14-31-25(24-23(40-31)13-7-15-33(2)28(24)37)29(38)35(27(31)30(34)39)21(18-36)17-20-10-4-3-5-11-20/h3-14,21,23-25,27,36H,15-18H2,1-2H3/t21-,23-,24+,25+,27?,31+/m1/s1. The molecule has 0 bridgehead atoms. The first kappa shape index (κ1) is 26.7. The van der Waals surface area contributed by atoms with E-state index in [-0.39, 0.29) is 30.9 Å². The molecule has 8 nitrogen and oxygen atoms in total. The maximum Gasteiger partial charge on any atom is 0.253 e. The number of hydrogen-bond acceptors (Lipinski definition) is 5. The Morgan fingerprint density at radius 3 is 2.52 bits per heavy atom. The molecule has 2 fully saturated rings. The van der Waals surface area contributed by atoms with Gasteiger partial charge in [-0.15, -0.1) is 0 Å². The zero-order chi connectivity index (χ0) is 28.2. The topological polar surface area (TPSA) is 90.4 Å². The normalized spacial score (nSPS) is 30.2. The monoisotopic (exact) mass is 561 g/mol. The van der Waals surface area contributed by atoms with E-state index in [0.717, 1.165) is 11.1 Å². The minimum atomic E-state index is -1.38. The van der Waals surface area contributed by atoms with Gasteiger partial charge in [0, 0.05) is 20.1 Å². The number of benzene rings is 2. The molecular formula is C31H32ClN3O5. The van der Waals surface area contributed by atoms with E-state index in [1.165, 1.54) is 4.90 Å². The Hall–Kier alpha value is -3.46. The van der Waals surface area contributed by atoms with Gasteiger partial charge in [0.1, 0.15) is 11.6 Å². The Morgan fingerprint density at radius 1 is 1.02 bits per heavy atom. The first-order valence-corrected chi connectivity index (χ1v) is 14.0. The third-order valence-electron chi connectivity index (χ3n) is 8.67. The number of para-hydroxylation sites is 1. The Bertz CT molecular complexity index is 1390. The molecule has 2 aromatic carbocycles. The van der Waals surface area contributed by atoms with Crippen LogP contribution in [0, 0.1) is 18.8 Å². The van der Waals surface area contributed by atoms with E-state index < -0.39 is 35.6 Å². The molecule has 6 rings (SSSR count). The van der Waals surface area contributed by atoms with Crippen LogP contribution in [-0.2, 0) is 25.5 Å². The van der Waals surface area contributed by atoms with Gasteiger partial charge in [0.25, 0.3) is 5.91 Å². The third-order valence-corrected chi connectivity index (χ3v) is 8.98. The molecule has 1 unspecified atom stereocenters. The Kier molecular flexibility index (Phi) is 6.81. The highest BCUT2D eigenvalue weighted by Crippen LogP contribution is 2.54. The molecular weight excluding hydrogens is 530 g/mol. The highest BCUT2D eigenvalue weighted by Gasteiger charge is 2.72. The van der Waals surface area contributed by atoms with E-state index in [4.69, 9.17) is 16.3 Å². The number of amides is 3. The quantitative estimate of drug-likeness (QED) is 0.567. The highest BCUT2D eigenvalue weighted by atomic mass is 35.5. The summed E-state index contributed by atoms with van der Waals surface area (Å²) in [5.74, 6) is -2.62. The minimum absolute atomic E-state index is 0.196. The molecule has 0 saturated carbocycles. The Balaban J connectivity index is 1.50. The van der Waals surface area contributed by atoms with Gasteiger partial charge in [0.15, 0.2) is 0 Å². The molecule has 1 N–H and O–H groups in total. The molecule has 0 aromatic heterocycles. The Labute approximate surface area is 238 Å². The van der Waals surface area contributed by atoms with E-state index >= 15 is 0 Å². The van der Waals surface area contributed by atoms with Gasteiger partial charge in [0.05, 0.1) is 41.3 Å². The van der Waals surface area contributed by atoms with E-state index in [1.807, 2.05) is 67.6 Å².